The number of rotatable bonds is 3. The maximum absolute atomic E-state index is 5.16. The summed E-state index contributed by atoms with van der Waals surface area (Å²) in [5.74, 6) is -0.0231. The van der Waals surface area contributed by atoms with E-state index in [2.05, 4.69) is 95.3 Å². The molecule has 0 bridgehead atoms. The quantitative estimate of drug-likeness (QED) is 0.373. The first-order chi connectivity index (χ1) is 18.3. The van der Waals surface area contributed by atoms with Gasteiger partial charge in [0.25, 0.3) is 0 Å². The molecule has 0 aliphatic carbocycles. The lowest BCUT2D eigenvalue weighted by atomic mass is 9.93. The zero-order valence-corrected chi connectivity index (χ0v) is 19.9. The highest BCUT2D eigenvalue weighted by Gasteiger charge is 2.42. The highest BCUT2D eigenvalue weighted by molar-refractivity contribution is 6.09. The van der Waals surface area contributed by atoms with E-state index in [4.69, 9.17) is 15.2 Å². The van der Waals surface area contributed by atoms with Crippen LogP contribution in [0.4, 0.5) is 11.4 Å². The Morgan fingerprint density at radius 1 is 0.730 bits per heavy atom. The minimum absolute atomic E-state index is 0.0231. The number of hydrogen-bond donors (Lipinski definition) is 1. The molecular weight excluding hydrogens is 456 g/mol. The molecule has 6 heteroatoms. The molecular formula is C31H22N6. The number of fused-ring (bicyclic) bond motifs is 6. The summed E-state index contributed by atoms with van der Waals surface area (Å²) in [6, 6.07) is 37.3. The van der Waals surface area contributed by atoms with Crippen molar-refractivity contribution >= 4 is 39.8 Å². The second-order valence-electron chi connectivity index (χ2n) is 9.46. The number of anilines is 2. The zero-order chi connectivity index (χ0) is 24.3. The van der Waals surface area contributed by atoms with Crippen LogP contribution in [0, 0.1) is 5.92 Å². The van der Waals surface area contributed by atoms with Crippen molar-refractivity contribution in [1.82, 2.24) is 14.6 Å². The molecule has 0 saturated carbocycles. The lowest BCUT2D eigenvalue weighted by Crippen LogP contribution is -2.35. The molecule has 0 fully saturated rings. The lowest BCUT2D eigenvalue weighted by Gasteiger charge is -2.19. The van der Waals surface area contributed by atoms with Crippen LogP contribution in [0.3, 0.4) is 0 Å². The number of imidazole rings is 1. The monoisotopic (exact) mass is 478 g/mol. The molecule has 2 aliphatic rings. The van der Waals surface area contributed by atoms with Crippen molar-refractivity contribution < 1.29 is 0 Å². The second-order valence-corrected chi connectivity index (χ2v) is 9.46. The van der Waals surface area contributed by atoms with Crippen LogP contribution in [0.2, 0.25) is 0 Å². The third kappa shape index (κ3) is 3.02. The molecule has 2 atom stereocenters. The van der Waals surface area contributed by atoms with Gasteiger partial charge in [0.1, 0.15) is 11.9 Å². The van der Waals surface area contributed by atoms with Crippen LogP contribution in [0.1, 0.15) is 5.56 Å². The van der Waals surface area contributed by atoms with E-state index in [1.54, 1.807) is 0 Å². The summed E-state index contributed by atoms with van der Waals surface area (Å²) < 4.78 is 1.98. The van der Waals surface area contributed by atoms with Crippen molar-refractivity contribution in [1.29, 1.82) is 0 Å². The van der Waals surface area contributed by atoms with Gasteiger partial charge in [0.05, 0.1) is 34.0 Å². The number of nitrogens with zero attached hydrogens (tertiary/aromatic N) is 5. The normalized spacial score (nSPS) is 18.8. The topological polar surface area (TPSA) is 57.8 Å². The highest BCUT2D eigenvalue weighted by atomic mass is 15.6. The minimum Gasteiger partial charge on any atom is -0.361 e. The SMILES string of the molecule is C(=c1\c(-c2ccccc2)nn2c1nc1ccccc12)/[C@@H]1C(c2ccccc2)=NN2c3ccccc3N[C@H]12. The van der Waals surface area contributed by atoms with Crippen LogP contribution in [0.5, 0.6) is 0 Å². The molecule has 37 heavy (non-hydrogen) atoms. The smallest absolute Gasteiger partial charge is 0.164 e. The Morgan fingerprint density at radius 3 is 2.27 bits per heavy atom. The van der Waals surface area contributed by atoms with E-state index in [9.17, 15) is 0 Å². The van der Waals surface area contributed by atoms with Gasteiger partial charge in [0.2, 0.25) is 0 Å². The van der Waals surface area contributed by atoms with Gasteiger partial charge < -0.3 is 5.32 Å². The van der Waals surface area contributed by atoms with E-state index in [0.717, 1.165) is 55.8 Å². The van der Waals surface area contributed by atoms with Gasteiger partial charge in [-0.3, -0.25) is 0 Å². The third-order valence-electron chi connectivity index (χ3n) is 7.29. The Labute approximate surface area is 213 Å². The summed E-state index contributed by atoms with van der Waals surface area (Å²) in [4.78, 5) is 5.02. The van der Waals surface area contributed by atoms with Gasteiger partial charge in [-0.15, -0.1) is 0 Å². The van der Waals surface area contributed by atoms with Crippen molar-refractivity contribution in [3.05, 3.63) is 120 Å². The average molecular weight is 479 g/mol. The minimum atomic E-state index is -0.0319. The zero-order valence-electron chi connectivity index (χ0n) is 19.9. The van der Waals surface area contributed by atoms with Crippen LogP contribution >= 0.6 is 0 Å². The van der Waals surface area contributed by atoms with Crippen LogP contribution in [-0.4, -0.2) is 26.5 Å². The number of aromatic nitrogens is 3. The lowest BCUT2D eigenvalue weighted by molar-refractivity contribution is 0.704. The molecule has 176 valence electrons. The van der Waals surface area contributed by atoms with E-state index in [-0.39, 0.29) is 12.1 Å². The molecule has 0 radical (unpaired) electrons. The van der Waals surface area contributed by atoms with Crippen LogP contribution < -0.4 is 15.5 Å². The van der Waals surface area contributed by atoms with Crippen molar-refractivity contribution in [3.8, 4) is 11.3 Å². The van der Waals surface area contributed by atoms with Crippen LogP contribution in [-0.2, 0) is 0 Å². The van der Waals surface area contributed by atoms with Gasteiger partial charge in [-0.2, -0.15) is 10.2 Å². The second kappa shape index (κ2) is 7.77. The third-order valence-corrected chi connectivity index (χ3v) is 7.29. The molecule has 1 N–H and O–H groups in total. The van der Waals surface area contributed by atoms with Crippen molar-refractivity contribution in [2.24, 2.45) is 11.0 Å². The van der Waals surface area contributed by atoms with Gasteiger partial charge in [-0.1, -0.05) is 91.0 Å². The Morgan fingerprint density at radius 2 is 1.43 bits per heavy atom. The molecule has 2 aromatic heterocycles. The van der Waals surface area contributed by atoms with Crippen LogP contribution in [0.25, 0.3) is 34.0 Å². The molecule has 6 nitrogen and oxygen atoms in total. The molecule has 4 aromatic carbocycles. The standard InChI is InChI=1S/C31H22N6/c1-3-11-20(12-4-1)28-22(30-32-24-15-7-9-17-26(24)36(30)34-28)19-23-29(21-13-5-2-6-14-21)35-37-27-18-10-8-16-25(27)33-31(23)37/h1-19,22,30,32H/b23-19-/t22-,30+/m1/s1. The first kappa shape index (κ1) is 20.2. The largest absolute Gasteiger partial charge is 0.361 e. The Kier molecular flexibility index (Phi) is 4.25. The summed E-state index contributed by atoms with van der Waals surface area (Å²) >= 11 is 0. The van der Waals surface area contributed by atoms with E-state index < -0.39 is 0 Å². The van der Waals surface area contributed by atoms with E-state index in [0.29, 0.717) is 0 Å². The Bertz CT molecular complexity index is 1870. The molecule has 8 rings (SSSR count). The summed E-state index contributed by atoms with van der Waals surface area (Å²) in [5, 5.41) is 17.1. The highest BCUT2D eigenvalue weighted by Crippen LogP contribution is 2.42. The predicted molar refractivity (Wildman–Crippen MR) is 148 cm³/mol. The van der Waals surface area contributed by atoms with E-state index in [1.807, 2.05) is 34.8 Å². The van der Waals surface area contributed by atoms with Crippen molar-refractivity contribution in [2.75, 3.05) is 10.3 Å². The molecule has 0 amide bonds. The number of nitrogens with one attached hydrogen (secondary N) is 1. The van der Waals surface area contributed by atoms with E-state index in [1.165, 1.54) is 0 Å². The molecule has 0 spiro atoms. The summed E-state index contributed by atoms with van der Waals surface area (Å²) in [5.41, 5.74) is 9.14. The number of hydrogen-bond acceptors (Lipinski definition) is 5. The molecule has 6 aromatic rings. The van der Waals surface area contributed by atoms with Gasteiger partial charge in [-0.05, 0) is 29.8 Å². The first-order valence-corrected chi connectivity index (χ1v) is 12.5. The number of hydrazone groups is 1. The van der Waals surface area contributed by atoms with Gasteiger partial charge in [0, 0.05) is 10.8 Å². The summed E-state index contributed by atoms with van der Waals surface area (Å²) in [6.07, 6.45) is 2.28. The fraction of sp³-hybridized carbons (Fsp3) is 0.0645. The van der Waals surface area contributed by atoms with Gasteiger partial charge in [-0.25, -0.2) is 14.5 Å². The number of para-hydroxylation sites is 4. The van der Waals surface area contributed by atoms with Crippen molar-refractivity contribution in [3.63, 3.8) is 0 Å². The van der Waals surface area contributed by atoms with Gasteiger partial charge in [0.15, 0.2) is 5.65 Å². The number of benzene rings is 4. The maximum Gasteiger partial charge on any atom is 0.164 e. The molecule has 0 unspecified atom stereocenters. The fourth-order valence-corrected chi connectivity index (χ4v) is 5.58. The predicted octanol–water partition coefficient (Wildman–Crippen LogP) is 5.34. The first-order valence-electron chi connectivity index (χ1n) is 12.5. The Balaban J connectivity index is 1.39. The van der Waals surface area contributed by atoms with Gasteiger partial charge >= 0.3 is 0 Å². The molecule has 2 aliphatic heterocycles. The summed E-state index contributed by atoms with van der Waals surface area (Å²) in [7, 11) is 0. The molecule has 4 heterocycles. The van der Waals surface area contributed by atoms with E-state index >= 15 is 0 Å². The average Bonchev–Trinajstić information content (AvgIpc) is 3.69. The maximum atomic E-state index is 5.16. The Hall–Kier alpha value is -4.97. The summed E-state index contributed by atoms with van der Waals surface area (Å²) in [6.45, 7) is 0. The molecule has 0 saturated heterocycles. The van der Waals surface area contributed by atoms with Crippen LogP contribution in [0.15, 0.2) is 114 Å². The van der Waals surface area contributed by atoms with Crippen molar-refractivity contribution in [2.45, 2.75) is 6.17 Å². The fourth-order valence-electron chi connectivity index (χ4n) is 5.58.